The molecule has 18 heavy (non-hydrogen) atoms. The predicted molar refractivity (Wildman–Crippen MR) is 67.0 cm³/mol. The van der Waals surface area contributed by atoms with Crippen LogP contribution in [0.1, 0.15) is 22.6 Å². The Morgan fingerprint density at radius 1 is 1.22 bits per heavy atom. The molecule has 0 aliphatic heterocycles. The Morgan fingerprint density at radius 3 is 2.72 bits per heavy atom. The second-order valence-electron chi connectivity index (χ2n) is 3.95. The summed E-state index contributed by atoms with van der Waals surface area (Å²) in [4.78, 5) is 8.37. The number of rotatable bonds is 3. The topological polar surface area (TPSA) is 58.8 Å². The summed E-state index contributed by atoms with van der Waals surface area (Å²) < 4.78 is 5.59. The van der Waals surface area contributed by atoms with Crippen LogP contribution in [0.4, 0.5) is 0 Å². The Bertz CT molecular complexity index is 582. The van der Waals surface area contributed by atoms with Crippen LogP contribution in [0.3, 0.4) is 0 Å². The van der Waals surface area contributed by atoms with E-state index in [-0.39, 0.29) is 0 Å². The van der Waals surface area contributed by atoms with E-state index in [1.54, 1.807) is 12.1 Å². The highest BCUT2D eigenvalue weighted by atomic mass is 16.5. The van der Waals surface area contributed by atoms with Crippen molar-refractivity contribution in [1.82, 2.24) is 9.97 Å². The lowest BCUT2D eigenvalue weighted by atomic mass is 10.1. The van der Waals surface area contributed by atoms with Gasteiger partial charge in [-0.3, -0.25) is 0 Å². The molecule has 0 bridgehead atoms. The number of nitrogens with zero attached hydrogens (tertiary/aromatic N) is 3. The summed E-state index contributed by atoms with van der Waals surface area (Å²) in [7, 11) is 0. The van der Waals surface area contributed by atoms with Crippen molar-refractivity contribution in [2.45, 2.75) is 20.5 Å². The Hall–Kier alpha value is -2.41. The summed E-state index contributed by atoms with van der Waals surface area (Å²) in [5.41, 5.74) is 2.35. The highest BCUT2D eigenvalue weighted by molar-refractivity contribution is 5.37. The SMILES string of the molecule is Cc1cc(OCc2ccccc2C#N)nc(C)n1. The van der Waals surface area contributed by atoms with E-state index in [4.69, 9.17) is 10.00 Å². The molecule has 0 unspecified atom stereocenters. The fourth-order valence-electron chi connectivity index (χ4n) is 1.66. The van der Waals surface area contributed by atoms with Crippen LogP contribution in [0.2, 0.25) is 0 Å². The van der Waals surface area contributed by atoms with Crippen molar-refractivity contribution in [3.05, 3.63) is 53.0 Å². The van der Waals surface area contributed by atoms with E-state index in [9.17, 15) is 0 Å². The highest BCUT2D eigenvalue weighted by Gasteiger charge is 2.04. The Balaban J connectivity index is 2.14. The molecule has 0 N–H and O–H groups in total. The van der Waals surface area contributed by atoms with Crippen LogP contribution in [0, 0.1) is 25.2 Å². The minimum Gasteiger partial charge on any atom is -0.473 e. The third-order valence-electron chi connectivity index (χ3n) is 2.46. The van der Waals surface area contributed by atoms with Gasteiger partial charge in [-0.05, 0) is 19.9 Å². The van der Waals surface area contributed by atoms with Crippen LogP contribution in [0.5, 0.6) is 5.88 Å². The third-order valence-corrected chi connectivity index (χ3v) is 2.46. The van der Waals surface area contributed by atoms with E-state index >= 15 is 0 Å². The Kier molecular flexibility index (Phi) is 3.54. The molecular weight excluding hydrogens is 226 g/mol. The van der Waals surface area contributed by atoms with Crippen molar-refractivity contribution in [3.8, 4) is 11.9 Å². The van der Waals surface area contributed by atoms with Gasteiger partial charge in [0.15, 0.2) is 0 Å². The van der Waals surface area contributed by atoms with Crippen LogP contribution < -0.4 is 4.74 Å². The van der Waals surface area contributed by atoms with Gasteiger partial charge >= 0.3 is 0 Å². The Morgan fingerprint density at radius 2 is 2.00 bits per heavy atom. The van der Waals surface area contributed by atoms with Gasteiger partial charge in [-0.1, -0.05) is 18.2 Å². The van der Waals surface area contributed by atoms with Crippen LogP contribution in [0.15, 0.2) is 30.3 Å². The molecular formula is C14H13N3O. The van der Waals surface area contributed by atoms with Gasteiger partial charge in [0.25, 0.3) is 0 Å². The fourth-order valence-corrected chi connectivity index (χ4v) is 1.66. The number of nitriles is 1. The number of aryl methyl sites for hydroxylation is 2. The second-order valence-corrected chi connectivity index (χ2v) is 3.95. The van der Waals surface area contributed by atoms with Crippen LogP contribution in [-0.4, -0.2) is 9.97 Å². The first kappa shape index (κ1) is 12.1. The smallest absolute Gasteiger partial charge is 0.217 e. The molecule has 1 heterocycles. The first-order valence-electron chi connectivity index (χ1n) is 5.62. The molecule has 1 aromatic carbocycles. The lowest BCUT2D eigenvalue weighted by Crippen LogP contribution is -2.01. The molecule has 0 saturated heterocycles. The largest absolute Gasteiger partial charge is 0.473 e. The summed E-state index contributed by atoms with van der Waals surface area (Å²) in [6.45, 7) is 4.05. The van der Waals surface area contributed by atoms with Crippen molar-refractivity contribution < 1.29 is 4.74 Å². The summed E-state index contributed by atoms with van der Waals surface area (Å²) in [6.07, 6.45) is 0. The lowest BCUT2D eigenvalue weighted by molar-refractivity contribution is 0.292. The van der Waals surface area contributed by atoms with Crippen molar-refractivity contribution in [2.75, 3.05) is 0 Å². The molecule has 1 aromatic heterocycles. The van der Waals surface area contributed by atoms with Gasteiger partial charge in [0.2, 0.25) is 5.88 Å². The highest BCUT2D eigenvalue weighted by Crippen LogP contribution is 2.13. The van der Waals surface area contributed by atoms with E-state index in [1.165, 1.54) is 0 Å². The molecule has 0 aliphatic rings. The number of hydrogen-bond acceptors (Lipinski definition) is 4. The minimum absolute atomic E-state index is 0.333. The molecule has 90 valence electrons. The summed E-state index contributed by atoms with van der Waals surface area (Å²) >= 11 is 0. The maximum atomic E-state index is 8.97. The van der Waals surface area contributed by atoms with Gasteiger partial charge in [-0.2, -0.15) is 10.2 Å². The third kappa shape index (κ3) is 2.83. The summed E-state index contributed by atoms with van der Waals surface area (Å²) in [5.74, 6) is 1.21. The molecule has 2 aromatic rings. The zero-order valence-corrected chi connectivity index (χ0v) is 10.3. The molecule has 0 aliphatic carbocycles. The van der Waals surface area contributed by atoms with Crippen LogP contribution in [-0.2, 0) is 6.61 Å². The second kappa shape index (κ2) is 5.28. The van der Waals surface area contributed by atoms with Gasteiger partial charge in [-0.15, -0.1) is 0 Å². The Labute approximate surface area is 106 Å². The average Bonchev–Trinajstić information content (AvgIpc) is 2.35. The quantitative estimate of drug-likeness (QED) is 0.825. The van der Waals surface area contributed by atoms with Crippen molar-refractivity contribution in [1.29, 1.82) is 5.26 Å². The van der Waals surface area contributed by atoms with Crippen LogP contribution in [0.25, 0.3) is 0 Å². The molecule has 0 atom stereocenters. The monoisotopic (exact) mass is 239 g/mol. The van der Waals surface area contributed by atoms with E-state index in [2.05, 4.69) is 16.0 Å². The average molecular weight is 239 g/mol. The zero-order valence-electron chi connectivity index (χ0n) is 10.3. The molecule has 2 rings (SSSR count). The van der Waals surface area contributed by atoms with Crippen LogP contribution >= 0.6 is 0 Å². The number of aromatic nitrogens is 2. The lowest BCUT2D eigenvalue weighted by Gasteiger charge is -2.07. The zero-order chi connectivity index (χ0) is 13.0. The molecule has 0 amide bonds. The van der Waals surface area contributed by atoms with Gasteiger partial charge in [0, 0.05) is 17.3 Å². The van der Waals surface area contributed by atoms with E-state index in [0.29, 0.717) is 23.9 Å². The summed E-state index contributed by atoms with van der Waals surface area (Å²) in [5, 5.41) is 8.97. The normalized spacial score (nSPS) is 9.83. The first-order valence-corrected chi connectivity index (χ1v) is 5.62. The molecule has 4 heteroatoms. The molecule has 0 saturated carbocycles. The molecule has 0 spiro atoms. The van der Waals surface area contributed by atoms with E-state index in [1.807, 2.05) is 32.0 Å². The number of benzene rings is 1. The van der Waals surface area contributed by atoms with E-state index in [0.717, 1.165) is 11.3 Å². The first-order chi connectivity index (χ1) is 8.69. The van der Waals surface area contributed by atoms with Crippen molar-refractivity contribution in [3.63, 3.8) is 0 Å². The van der Waals surface area contributed by atoms with Gasteiger partial charge in [0.1, 0.15) is 12.4 Å². The number of ether oxygens (including phenoxy) is 1. The predicted octanol–water partition coefficient (Wildman–Crippen LogP) is 2.54. The fraction of sp³-hybridized carbons (Fsp3) is 0.214. The molecule has 4 nitrogen and oxygen atoms in total. The molecule has 0 fully saturated rings. The van der Waals surface area contributed by atoms with Crippen molar-refractivity contribution >= 4 is 0 Å². The summed E-state index contributed by atoms with van der Waals surface area (Å²) in [6, 6.07) is 11.3. The standard InChI is InChI=1S/C14H13N3O/c1-10-7-14(17-11(2)16-10)18-9-13-6-4-3-5-12(13)8-15/h3-7H,9H2,1-2H3. The minimum atomic E-state index is 0.333. The van der Waals surface area contributed by atoms with E-state index < -0.39 is 0 Å². The van der Waals surface area contributed by atoms with Gasteiger partial charge in [-0.25, -0.2) is 4.98 Å². The maximum Gasteiger partial charge on any atom is 0.217 e. The van der Waals surface area contributed by atoms with Gasteiger partial charge < -0.3 is 4.74 Å². The maximum absolute atomic E-state index is 8.97. The molecule has 0 radical (unpaired) electrons. The number of hydrogen-bond donors (Lipinski definition) is 0. The van der Waals surface area contributed by atoms with Gasteiger partial charge in [0.05, 0.1) is 11.6 Å². The van der Waals surface area contributed by atoms with Crippen molar-refractivity contribution in [2.24, 2.45) is 0 Å².